The fourth-order valence-electron chi connectivity index (χ4n) is 10.6. The molecule has 5 aliphatic rings. The van der Waals surface area contributed by atoms with Crippen LogP contribution in [0.1, 0.15) is 118 Å². The van der Waals surface area contributed by atoms with E-state index in [4.69, 9.17) is 0 Å². The molecule has 4 saturated carbocycles. The van der Waals surface area contributed by atoms with Crippen LogP contribution in [0.3, 0.4) is 0 Å². The van der Waals surface area contributed by atoms with Crippen molar-refractivity contribution in [2.24, 2.45) is 39.9 Å². The Morgan fingerprint density at radius 3 is 2.29 bits per heavy atom. The van der Waals surface area contributed by atoms with Gasteiger partial charge in [-0.25, -0.2) is 8.42 Å². The van der Waals surface area contributed by atoms with Crippen molar-refractivity contribution in [2.45, 2.75) is 139 Å². The number of allylic oxidation sites excluding steroid dienone is 1. The minimum atomic E-state index is -3.57. The van der Waals surface area contributed by atoms with Crippen LogP contribution in [0.25, 0.3) is 0 Å². The molecule has 1 aromatic carbocycles. The van der Waals surface area contributed by atoms with Gasteiger partial charge >= 0.3 is 0 Å². The molecule has 0 aliphatic heterocycles. The van der Waals surface area contributed by atoms with Gasteiger partial charge in [0.15, 0.2) is 9.84 Å². The van der Waals surface area contributed by atoms with Gasteiger partial charge < -0.3 is 10.2 Å². The van der Waals surface area contributed by atoms with Crippen LogP contribution in [-0.2, 0) is 9.84 Å². The molecule has 0 saturated heterocycles. The van der Waals surface area contributed by atoms with Crippen molar-refractivity contribution in [1.29, 1.82) is 0 Å². The second kappa shape index (κ2) is 10.5. The van der Waals surface area contributed by atoms with Crippen molar-refractivity contribution < 1.29 is 18.6 Å². The molecule has 228 valence electrons. The summed E-state index contributed by atoms with van der Waals surface area (Å²) in [6.45, 7) is 9.49. The topological polar surface area (TPSA) is 74.6 Å². The van der Waals surface area contributed by atoms with Gasteiger partial charge in [-0.3, -0.25) is 0 Å². The lowest BCUT2D eigenvalue weighted by atomic mass is 9.47. The van der Waals surface area contributed by atoms with E-state index in [9.17, 15) is 18.6 Å². The lowest BCUT2D eigenvalue weighted by Crippen LogP contribution is -2.50. The fourth-order valence-corrected chi connectivity index (χ4v) is 12.5. The molecule has 0 spiro atoms. The van der Waals surface area contributed by atoms with Gasteiger partial charge in [-0.1, -0.05) is 57.5 Å². The van der Waals surface area contributed by atoms with Crippen LogP contribution >= 0.6 is 0 Å². The maximum Gasteiger partial charge on any atom is 0.181 e. The number of benzene rings is 1. The van der Waals surface area contributed by atoms with Crippen molar-refractivity contribution in [3.63, 3.8) is 0 Å². The Morgan fingerprint density at radius 2 is 1.59 bits per heavy atom. The first-order valence-corrected chi connectivity index (χ1v) is 18.2. The molecule has 0 heterocycles. The molecule has 41 heavy (non-hydrogen) atoms. The summed E-state index contributed by atoms with van der Waals surface area (Å²) in [5, 5.41) is 21.6. The normalized spacial score (nSPS) is 40.5. The number of rotatable bonds is 6. The summed E-state index contributed by atoms with van der Waals surface area (Å²) < 4.78 is 28.5. The highest BCUT2D eigenvalue weighted by Gasteiger charge is 2.59. The Bertz CT molecular complexity index is 1240. The largest absolute Gasteiger partial charge is 0.393 e. The predicted octanol–water partition coefficient (Wildman–Crippen LogP) is 7.88. The third kappa shape index (κ3) is 5.29. The van der Waals surface area contributed by atoms with Crippen LogP contribution in [0.15, 0.2) is 46.9 Å². The number of aliphatic hydroxyl groups excluding tert-OH is 1. The van der Waals surface area contributed by atoms with Crippen molar-refractivity contribution >= 4 is 9.84 Å². The lowest BCUT2D eigenvalue weighted by Gasteiger charge is -2.58. The minimum absolute atomic E-state index is 0.151. The summed E-state index contributed by atoms with van der Waals surface area (Å²) in [7, 11) is -3.57. The summed E-state index contributed by atoms with van der Waals surface area (Å²) in [4.78, 5) is 0.408. The molecule has 0 aromatic heterocycles. The Hall–Kier alpha value is -1.17. The van der Waals surface area contributed by atoms with E-state index in [1.165, 1.54) is 24.8 Å². The summed E-state index contributed by atoms with van der Waals surface area (Å²) in [5.74, 6) is 2.34. The van der Waals surface area contributed by atoms with E-state index in [1.54, 1.807) is 12.1 Å². The molecule has 1 aromatic rings. The smallest absolute Gasteiger partial charge is 0.181 e. The van der Waals surface area contributed by atoms with Gasteiger partial charge in [-0.15, -0.1) is 0 Å². The highest BCUT2D eigenvalue weighted by atomic mass is 32.2. The summed E-state index contributed by atoms with van der Waals surface area (Å²) in [6, 6.07) is 9.02. The van der Waals surface area contributed by atoms with Crippen molar-refractivity contribution in [2.75, 3.05) is 0 Å². The maximum absolute atomic E-state index is 14.2. The molecule has 0 amide bonds. The third-order valence-corrected chi connectivity index (χ3v) is 15.6. The first-order chi connectivity index (χ1) is 19.3. The zero-order valence-electron chi connectivity index (χ0n) is 25.9. The molecule has 2 N–H and O–H groups in total. The molecular formula is C36H54O4S. The second-order valence-electron chi connectivity index (χ2n) is 16.3. The van der Waals surface area contributed by atoms with E-state index in [-0.39, 0.29) is 22.3 Å². The van der Waals surface area contributed by atoms with Crippen LogP contribution in [0.4, 0.5) is 0 Å². The van der Waals surface area contributed by atoms with Gasteiger partial charge in [0, 0.05) is 0 Å². The van der Waals surface area contributed by atoms with Crippen LogP contribution in [-0.4, -0.2) is 35.6 Å². The second-order valence-corrected chi connectivity index (χ2v) is 18.5. The van der Waals surface area contributed by atoms with E-state index >= 15 is 0 Å². The first kappa shape index (κ1) is 29.9. The van der Waals surface area contributed by atoms with E-state index in [0.29, 0.717) is 54.3 Å². The van der Waals surface area contributed by atoms with Crippen molar-refractivity contribution in [3.05, 3.63) is 42.0 Å². The van der Waals surface area contributed by atoms with Crippen LogP contribution in [0.5, 0.6) is 0 Å². The molecule has 4 nitrogen and oxygen atoms in total. The van der Waals surface area contributed by atoms with Gasteiger partial charge in [0.05, 0.1) is 21.9 Å². The standard InChI is InChI=1S/C36H54O4S/c1-33(2)18-20-36(38,21-19-33)24-29(41(39,40)28-8-6-5-7-9-28)23-26-11-13-31-30-12-10-25-22-27(37)14-16-34(25,3)32(30)15-17-35(26,31)4/h5-10,26-27,29-32,37-38H,11-24H2,1-4H3. The van der Waals surface area contributed by atoms with E-state index in [2.05, 4.69) is 33.8 Å². The Morgan fingerprint density at radius 1 is 0.878 bits per heavy atom. The molecule has 0 radical (unpaired) electrons. The zero-order chi connectivity index (χ0) is 29.3. The van der Waals surface area contributed by atoms with Gasteiger partial charge in [0.2, 0.25) is 0 Å². The third-order valence-electron chi connectivity index (χ3n) is 13.5. The van der Waals surface area contributed by atoms with E-state index in [0.717, 1.165) is 44.9 Å². The van der Waals surface area contributed by atoms with Gasteiger partial charge in [0.1, 0.15) is 0 Å². The Labute approximate surface area is 249 Å². The van der Waals surface area contributed by atoms with Gasteiger partial charge in [0.25, 0.3) is 0 Å². The average molecular weight is 583 g/mol. The number of hydrogen-bond donors (Lipinski definition) is 2. The Kier molecular flexibility index (Phi) is 7.64. The fraction of sp³-hybridized carbons (Fsp3) is 0.778. The highest BCUT2D eigenvalue weighted by Crippen LogP contribution is 2.67. The monoisotopic (exact) mass is 582 g/mol. The summed E-state index contributed by atoms with van der Waals surface area (Å²) >= 11 is 0. The Balaban J connectivity index is 1.26. The van der Waals surface area contributed by atoms with Gasteiger partial charge in [-0.05, 0) is 142 Å². The molecule has 6 rings (SSSR count). The van der Waals surface area contributed by atoms with Crippen molar-refractivity contribution in [3.8, 4) is 0 Å². The maximum atomic E-state index is 14.2. The van der Waals surface area contributed by atoms with Crippen LogP contribution in [0.2, 0.25) is 0 Å². The zero-order valence-corrected chi connectivity index (χ0v) is 26.8. The lowest BCUT2D eigenvalue weighted by molar-refractivity contribution is -0.0541. The molecule has 8 unspecified atom stereocenters. The SMILES string of the molecule is CC1(C)CCC(O)(CC(CC2CCC3C4CC=C5CC(O)CCC5(C)C4CCC23C)S(=O)(=O)c2ccccc2)CC1. The van der Waals surface area contributed by atoms with Gasteiger partial charge in [-0.2, -0.15) is 0 Å². The van der Waals surface area contributed by atoms with Crippen molar-refractivity contribution in [1.82, 2.24) is 0 Å². The average Bonchev–Trinajstić information content (AvgIpc) is 3.27. The number of hydrogen-bond acceptors (Lipinski definition) is 4. The molecule has 0 bridgehead atoms. The highest BCUT2D eigenvalue weighted by molar-refractivity contribution is 7.92. The summed E-state index contributed by atoms with van der Waals surface area (Å²) in [6.07, 6.45) is 15.3. The molecule has 4 fully saturated rings. The quantitative estimate of drug-likeness (QED) is 0.335. The summed E-state index contributed by atoms with van der Waals surface area (Å²) in [5.41, 5.74) is 1.20. The van der Waals surface area contributed by atoms with Crippen LogP contribution in [0, 0.1) is 39.9 Å². The number of fused-ring (bicyclic) bond motifs is 5. The van der Waals surface area contributed by atoms with E-state index < -0.39 is 20.7 Å². The number of sulfone groups is 1. The molecule has 5 heteroatoms. The molecular weight excluding hydrogens is 528 g/mol. The predicted molar refractivity (Wildman–Crippen MR) is 165 cm³/mol. The molecule has 8 atom stereocenters. The molecule has 5 aliphatic carbocycles. The van der Waals surface area contributed by atoms with E-state index in [1.807, 2.05) is 18.2 Å². The minimum Gasteiger partial charge on any atom is -0.393 e. The number of aliphatic hydroxyl groups is 2. The first-order valence-electron chi connectivity index (χ1n) is 16.6. The van der Waals surface area contributed by atoms with Crippen LogP contribution < -0.4 is 0 Å².